The van der Waals surface area contributed by atoms with Crippen molar-refractivity contribution >= 4 is 21.7 Å². The van der Waals surface area contributed by atoms with Gasteiger partial charge >= 0.3 is 0 Å². The number of para-hydroxylation sites is 2. The second-order valence-electron chi connectivity index (χ2n) is 6.07. The standard InChI is InChI=1S/C21H14FNO2/c22-13-9-10-17-16(11-13)14-5-1-2-6-15(14)21(23-17)20-12-24-18-7-3-4-8-19(18)25-20/h1-11,20H,12H2. The maximum Gasteiger partial charge on any atom is 0.175 e. The number of hydrogen-bond acceptors (Lipinski definition) is 3. The molecule has 25 heavy (non-hydrogen) atoms. The van der Waals surface area contributed by atoms with Crippen LogP contribution in [0.4, 0.5) is 4.39 Å². The maximum absolute atomic E-state index is 13.7. The van der Waals surface area contributed by atoms with E-state index in [4.69, 9.17) is 14.5 Å². The SMILES string of the molecule is Fc1ccc2nc(C3COc4ccccc4O3)c3ccccc3c2c1. The molecule has 0 amide bonds. The Hall–Kier alpha value is -3.14. The Morgan fingerprint density at radius 1 is 0.840 bits per heavy atom. The summed E-state index contributed by atoms with van der Waals surface area (Å²) in [7, 11) is 0. The molecule has 0 saturated heterocycles. The molecule has 0 saturated carbocycles. The van der Waals surface area contributed by atoms with E-state index in [1.54, 1.807) is 6.07 Å². The fourth-order valence-electron chi connectivity index (χ4n) is 3.35. The van der Waals surface area contributed by atoms with Crippen molar-refractivity contribution in [3.63, 3.8) is 0 Å². The van der Waals surface area contributed by atoms with Crippen molar-refractivity contribution in [1.82, 2.24) is 4.98 Å². The van der Waals surface area contributed by atoms with E-state index < -0.39 is 0 Å². The molecule has 3 nitrogen and oxygen atoms in total. The van der Waals surface area contributed by atoms with Gasteiger partial charge < -0.3 is 9.47 Å². The Balaban J connectivity index is 1.72. The van der Waals surface area contributed by atoms with E-state index in [0.29, 0.717) is 12.4 Å². The number of benzene rings is 3. The summed E-state index contributed by atoms with van der Waals surface area (Å²) in [5, 5.41) is 2.72. The average Bonchev–Trinajstić information content (AvgIpc) is 2.67. The predicted molar refractivity (Wildman–Crippen MR) is 94.5 cm³/mol. The van der Waals surface area contributed by atoms with Crippen LogP contribution in [0.25, 0.3) is 21.7 Å². The summed E-state index contributed by atoms with van der Waals surface area (Å²) in [6.07, 6.45) is -0.311. The molecule has 3 aromatic carbocycles. The van der Waals surface area contributed by atoms with E-state index in [2.05, 4.69) is 0 Å². The number of rotatable bonds is 1. The summed E-state index contributed by atoms with van der Waals surface area (Å²) in [4.78, 5) is 4.77. The maximum atomic E-state index is 13.7. The lowest BCUT2D eigenvalue weighted by Gasteiger charge is -2.27. The molecule has 2 heterocycles. The fourth-order valence-corrected chi connectivity index (χ4v) is 3.35. The number of hydrogen-bond donors (Lipinski definition) is 0. The number of halogens is 1. The van der Waals surface area contributed by atoms with Crippen LogP contribution in [0.5, 0.6) is 11.5 Å². The molecule has 0 fully saturated rings. The first-order valence-corrected chi connectivity index (χ1v) is 8.16. The van der Waals surface area contributed by atoms with Crippen molar-refractivity contribution in [3.8, 4) is 11.5 Å². The summed E-state index contributed by atoms with van der Waals surface area (Å²) >= 11 is 0. The molecule has 1 atom stereocenters. The molecule has 0 bridgehead atoms. The van der Waals surface area contributed by atoms with Gasteiger partial charge in [0.25, 0.3) is 0 Å². The van der Waals surface area contributed by atoms with Crippen LogP contribution in [0.1, 0.15) is 11.8 Å². The molecule has 0 spiro atoms. The average molecular weight is 331 g/mol. The van der Waals surface area contributed by atoms with Gasteiger partial charge in [-0.25, -0.2) is 9.37 Å². The Labute approximate surface area is 143 Å². The summed E-state index contributed by atoms with van der Waals surface area (Å²) in [5.74, 6) is 1.19. The second kappa shape index (κ2) is 5.45. The molecule has 1 aromatic heterocycles. The van der Waals surface area contributed by atoms with Gasteiger partial charge in [-0.15, -0.1) is 0 Å². The van der Waals surface area contributed by atoms with Crippen LogP contribution in [0.15, 0.2) is 66.7 Å². The minimum atomic E-state index is -0.311. The molecule has 4 heteroatoms. The summed E-state index contributed by atoms with van der Waals surface area (Å²) in [6.45, 7) is 0.390. The summed E-state index contributed by atoms with van der Waals surface area (Å²) < 4.78 is 25.7. The Kier molecular flexibility index (Phi) is 3.10. The number of fused-ring (bicyclic) bond motifs is 4. The van der Waals surface area contributed by atoms with E-state index in [-0.39, 0.29) is 11.9 Å². The van der Waals surface area contributed by atoms with Gasteiger partial charge in [0, 0.05) is 10.8 Å². The van der Waals surface area contributed by atoms with Crippen LogP contribution in [0, 0.1) is 5.82 Å². The Morgan fingerprint density at radius 3 is 2.48 bits per heavy atom. The van der Waals surface area contributed by atoms with E-state index in [9.17, 15) is 4.39 Å². The van der Waals surface area contributed by atoms with Gasteiger partial charge in [-0.2, -0.15) is 0 Å². The van der Waals surface area contributed by atoms with Crippen molar-refractivity contribution < 1.29 is 13.9 Å². The third kappa shape index (κ3) is 2.30. The molecule has 1 aliphatic rings. The minimum absolute atomic E-state index is 0.265. The van der Waals surface area contributed by atoms with Crippen molar-refractivity contribution in [2.75, 3.05) is 6.61 Å². The highest BCUT2D eigenvalue weighted by Crippen LogP contribution is 2.38. The summed E-state index contributed by atoms with van der Waals surface area (Å²) in [6, 6.07) is 20.2. The molecular formula is C21H14FNO2. The zero-order valence-corrected chi connectivity index (χ0v) is 13.3. The van der Waals surface area contributed by atoms with Crippen LogP contribution < -0.4 is 9.47 Å². The number of ether oxygens (including phenoxy) is 2. The Morgan fingerprint density at radius 2 is 1.60 bits per heavy atom. The third-order valence-electron chi connectivity index (χ3n) is 4.51. The largest absolute Gasteiger partial charge is 0.485 e. The zero-order chi connectivity index (χ0) is 16.8. The monoisotopic (exact) mass is 331 g/mol. The van der Waals surface area contributed by atoms with Crippen LogP contribution in [-0.4, -0.2) is 11.6 Å². The molecule has 0 radical (unpaired) electrons. The van der Waals surface area contributed by atoms with Crippen LogP contribution in [0.2, 0.25) is 0 Å². The molecule has 0 N–H and O–H groups in total. The van der Waals surface area contributed by atoms with Crippen molar-refractivity contribution in [2.24, 2.45) is 0 Å². The molecule has 1 unspecified atom stereocenters. The lowest BCUT2D eigenvalue weighted by atomic mass is 10.0. The predicted octanol–water partition coefficient (Wildman–Crippen LogP) is 5.04. The van der Waals surface area contributed by atoms with E-state index in [1.165, 1.54) is 12.1 Å². The van der Waals surface area contributed by atoms with Gasteiger partial charge in [-0.3, -0.25) is 0 Å². The van der Waals surface area contributed by atoms with Gasteiger partial charge in [0.2, 0.25) is 0 Å². The summed E-state index contributed by atoms with van der Waals surface area (Å²) in [5.41, 5.74) is 1.56. The smallest absolute Gasteiger partial charge is 0.175 e. The third-order valence-corrected chi connectivity index (χ3v) is 4.51. The van der Waals surface area contributed by atoms with Gasteiger partial charge in [-0.1, -0.05) is 36.4 Å². The second-order valence-corrected chi connectivity index (χ2v) is 6.07. The molecule has 122 valence electrons. The number of aromatic nitrogens is 1. The molecule has 0 aliphatic carbocycles. The van der Waals surface area contributed by atoms with E-state index >= 15 is 0 Å². The fraction of sp³-hybridized carbons (Fsp3) is 0.0952. The van der Waals surface area contributed by atoms with Crippen LogP contribution in [0.3, 0.4) is 0 Å². The lowest BCUT2D eigenvalue weighted by molar-refractivity contribution is 0.0896. The number of nitrogens with zero attached hydrogens (tertiary/aromatic N) is 1. The lowest BCUT2D eigenvalue weighted by Crippen LogP contribution is -2.22. The highest BCUT2D eigenvalue weighted by molar-refractivity contribution is 6.06. The van der Waals surface area contributed by atoms with Gasteiger partial charge in [0.05, 0.1) is 11.2 Å². The van der Waals surface area contributed by atoms with Crippen LogP contribution in [-0.2, 0) is 0 Å². The zero-order valence-electron chi connectivity index (χ0n) is 13.3. The molecule has 5 rings (SSSR count). The van der Waals surface area contributed by atoms with E-state index in [0.717, 1.165) is 33.1 Å². The molecular weight excluding hydrogens is 317 g/mol. The van der Waals surface area contributed by atoms with Gasteiger partial charge in [-0.05, 0) is 35.7 Å². The Bertz CT molecular complexity index is 1110. The highest BCUT2D eigenvalue weighted by atomic mass is 19.1. The normalized spacial score (nSPS) is 16.3. The quantitative estimate of drug-likeness (QED) is 0.458. The van der Waals surface area contributed by atoms with Crippen LogP contribution >= 0.6 is 0 Å². The molecule has 1 aliphatic heterocycles. The van der Waals surface area contributed by atoms with E-state index in [1.807, 2.05) is 48.5 Å². The first kappa shape index (κ1) is 14.2. The first-order chi connectivity index (χ1) is 12.3. The van der Waals surface area contributed by atoms with Gasteiger partial charge in [0.15, 0.2) is 17.6 Å². The van der Waals surface area contributed by atoms with Crippen molar-refractivity contribution in [2.45, 2.75) is 6.10 Å². The van der Waals surface area contributed by atoms with Crippen molar-refractivity contribution in [3.05, 3.63) is 78.2 Å². The molecule has 4 aromatic rings. The topological polar surface area (TPSA) is 31.4 Å². The first-order valence-electron chi connectivity index (χ1n) is 8.16. The highest BCUT2D eigenvalue weighted by Gasteiger charge is 2.26. The van der Waals surface area contributed by atoms with Gasteiger partial charge in [0.1, 0.15) is 12.4 Å². The number of pyridine rings is 1. The van der Waals surface area contributed by atoms with Crippen molar-refractivity contribution in [1.29, 1.82) is 0 Å². The minimum Gasteiger partial charge on any atom is -0.485 e.